The monoisotopic (exact) mass is 287 g/mol. The molecule has 0 amide bonds. The Morgan fingerprint density at radius 3 is 2.70 bits per heavy atom. The Kier molecular flexibility index (Phi) is 4.39. The molecule has 0 radical (unpaired) electrons. The molecule has 0 saturated heterocycles. The van der Waals surface area contributed by atoms with Crippen molar-refractivity contribution in [3.8, 4) is 11.5 Å². The van der Waals surface area contributed by atoms with Crippen LogP contribution in [0.4, 0.5) is 8.78 Å². The maximum atomic E-state index is 12.9. The summed E-state index contributed by atoms with van der Waals surface area (Å²) in [6.45, 7) is 0.586. The summed E-state index contributed by atoms with van der Waals surface area (Å²) in [4.78, 5) is 10.6. The molecule has 1 heterocycles. The van der Waals surface area contributed by atoms with Gasteiger partial charge in [-0.3, -0.25) is 4.79 Å². The van der Waals surface area contributed by atoms with E-state index in [-0.39, 0.29) is 30.8 Å². The molecule has 0 bridgehead atoms. The number of alkyl halides is 2. The molecule has 0 fully saturated rings. The highest BCUT2D eigenvalue weighted by Gasteiger charge is 2.24. The number of hydrogen-bond acceptors (Lipinski definition) is 4. The van der Waals surface area contributed by atoms with E-state index >= 15 is 0 Å². The smallest absolute Gasteiger partial charge is 0.303 e. The Bertz CT molecular complexity index is 507. The van der Waals surface area contributed by atoms with Crippen LogP contribution < -0.4 is 15.2 Å². The average Bonchev–Trinajstić information content (AvgIpc) is 2.43. The quantitative estimate of drug-likeness (QED) is 0.868. The first-order valence-electron chi connectivity index (χ1n) is 6.18. The third-order valence-electron chi connectivity index (χ3n) is 3.01. The van der Waals surface area contributed by atoms with E-state index in [4.69, 9.17) is 20.3 Å². The second-order valence-electron chi connectivity index (χ2n) is 4.47. The number of carboxylic acids is 1. The number of nitrogens with two attached hydrogens (primary N) is 1. The minimum absolute atomic E-state index is 0.137. The molecule has 1 aliphatic heterocycles. The van der Waals surface area contributed by atoms with E-state index < -0.39 is 18.4 Å². The first-order valence-corrected chi connectivity index (χ1v) is 6.18. The molecule has 5 nitrogen and oxygen atoms in total. The number of rotatable bonds is 5. The highest BCUT2D eigenvalue weighted by atomic mass is 19.3. The minimum atomic E-state index is -2.66. The van der Waals surface area contributed by atoms with Gasteiger partial charge in [-0.25, -0.2) is 8.78 Å². The largest absolute Gasteiger partial charge is 0.486 e. The normalized spacial score (nSPS) is 15.2. The van der Waals surface area contributed by atoms with Crippen LogP contribution in [-0.4, -0.2) is 24.3 Å². The molecule has 20 heavy (non-hydrogen) atoms. The molecule has 3 N–H and O–H groups in total. The van der Waals surface area contributed by atoms with Crippen LogP contribution >= 0.6 is 0 Å². The van der Waals surface area contributed by atoms with E-state index in [9.17, 15) is 13.6 Å². The zero-order valence-corrected chi connectivity index (χ0v) is 10.6. The number of carbonyl (C=O) groups is 1. The van der Waals surface area contributed by atoms with Crippen molar-refractivity contribution < 1.29 is 28.2 Å². The fourth-order valence-electron chi connectivity index (χ4n) is 2.04. The van der Waals surface area contributed by atoms with Crippen molar-refractivity contribution in [2.75, 3.05) is 13.2 Å². The molecule has 1 aromatic rings. The summed E-state index contributed by atoms with van der Waals surface area (Å²) >= 11 is 0. The van der Waals surface area contributed by atoms with E-state index in [0.29, 0.717) is 17.9 Å². The van der Waals surface area contributed by atoms with Crippen molar-refractivity contribution in [1.82, 2.24) is 0 Å². The molecule has 2 rings (SSSR count). The molecule has 1 aliphatic rings. The lowest BCUT2D eigenvalue weighted by atomic mass is 9.98. The summed E-state index contributed by atoms with van der Waals surface area (Å²) in [6, 6.07) is 1.79. The van der Waals surface area contributed by atoms with Crippen molar-refractivity contribution in [2.45, 2.75) is 25.3 Å². The maximum Gasteiger partial charge on any atom is 0.303 e. The van der Waals surface area contributed by atoms with Crippen LogP contribution in [0, 0.1) is 0 Å². The van der Waals surface area contributed by atoms with Gasteiger partial charge < -0.3 is 20.3 Å². The minimum Gasteiger partial charge on any atom is -0.486 e. The van der Waals surface area contributed by atoms with Crippen LogP contribution in [-0.2, 0) is 4.79 Å². The third kappa shape index (κ3) is 3.16. The van der Waals surface area contributed by atoms with Crippen LogP contribution in [0.15, 0.2) is 12.1 Å². The highest BCUT2D eigenvalue weighted by Crippen LogP contribution is 2.40. The Morgan fingerprint density at radius 2 is 2.05 bits per heavy atom. The van der Waals surface area contributed by atoms with Gasteiger partial charge in [-0.05, 0) is 18.6 Å². The Labute approximate surface area is 114 Å². The summed E-state index contributed by atoms with van der Waals surface area (Å²) in [5, 5.41) is 8.66. The number of ether oxygens (including phenoxy) is 2. The summed E-state index contributed by atoms with van der Waals surface area (Å²) < 4.78 is 36.4. The first-order chi connectivity index (χ1) is 9.49. The van der Waals surface area contributed by atoms with Crippen molar-refractivity contribution in [3.05, 3.63) is 23.3 Å². The number of fused-ring (bicyclic) bond motifs is 1. The zero-order chi connectivity index (χ0) is 14.7. The molecule has 1 unspecified atom stereocenters. The summed E-state index contributed by atoms with van der Waals surface area (Å²) in [7, 11) is 0. The molecule has 0 saturated carbocycles. The number of halogens is 2. The molecule has 1 atom stereocenters. The number of benzene rings is 1. The number of carboxylic acid groups (broad SMARTS) is 1. The van der Waals surface area contributed by atoms with Crippen molar-refractivity contribution in [3.63, 3.8) is 0 Å². The lowest BCUT2D eigenvalue weighted by Gasteiger charge is -2.24. The molecule has 110 valence electrons. The Balaban J connectivity index is 2.33. The van der Waals surface area contributed by atoms with E-state index in [1.807, 2.05) is 0 Å². The standard InChI is InChI=1S/C13H15F2NO4/c14-13(15)7-5-8(9(16)1-2-11(17)18)12-10(6-7)19-3-4-20-12/h5-6,9,13H,1-4,16H2,(H,17,18). The Hall–Kier alpha value is -1.89. The summed E-state index contributed by atoms with van der Waals surface area (Å²) in [6.07, 6.45) is -2.66. The molecule has 1 aromatic carbocycles. The van der Waals surface area contributed by atoms with Gasteiger partial charge in [-0.2, -0.15) is 0 Å². The second kappa shape index (κ2) is 6.04. The molecule has 7 heteroatoms. The summed E-state index contributed by atoms with van der Waals surface area (Å²) in [5.74, 6) is -0.426. The molecular formula is C13H15F2NO4. The predicted octanol–water partition coefficient (Wildman–Crippen LogP) is 2.26. The van der Waals surface area contributed by atoms with Gasteiger partial charge in [0, 0.05) is 23.6 Å². The zero-order valence-electron chi connectivity index (χ0n) is 10.6. The van der Waals surface area contributed by atoms with Gasteiger partial charge >= 0.3 is 5.97 Å². The van der Waals surface area contributed by atoms with Gasteiger partial charge in [0.15, 0.2) is 11.5 Å². The van der Waals surface area contributed by atoms with Crippen LogP contribution in [0.1, 0.15) is 36.4 Å². The van der Waals surface area contributed by atoms with Crippen molar-refractivity contribution in [1.29, 1.82) is 0 Å². The van der Waals surface area contributed by atoms with E-state index in [1.165, 1.54) is 12.1 Å². The van der Waals surface area contributed by atoms with Gasteiger partial charge in [0.2, 0.25) is 0 Å². The van der Waals surface area contributed by atoms with Crippen LogP contribution in [0.5, 0.6) is 11.5 Å². The van der Waals surface area contributed by atoms with E-state index in [2.05, 4.69) is 0 Å². The first kappa shape index (κ1) is 14.5. The van der Waals surface area contributed by atoms with E-state index in [1.54, 1.807) is 0 Å². The van der Waals surface area contributed by atoms with E-state index in [0.717, 1.165) is 0 Å². The predicted molar refractivity (Wildman–Crippen MR) is 66.2 cm³/mol. The van der Waals surface area contributed by atoms with Gasteiger partial charge in [0.25, 0.3) is 6.43 Å². The van der Waals surface area contributed by atoms with Gasteiger partial charge in [0.05, 0.1) is 0 Å². The van der Waals surface area contributed by atoms with Gasteiger partial charge in [-0.1, -0.05) is 0 Å². The number of hydrogen-bond donors (Lipinski definition) is 2. The lowest BCUT2D eigenvalue weighted by Crippen LogP contribution is -2.20. The summed E-state index contributed by atoms with van der Waals surface area (Å²) in [5.41, 5.74) is 6.04. The molecule has 0 aliphatic carbocycles. The highest BCUT2D eigenvalue weighted by molar-refractivity contribution is 5.66. The van der Waals surface area contributed by atoms with Crippen LogP contribution in [0.25, 0.3) is 0 Å². The van der Waals surface area contributed by atoms with Crippen molar-refractivity contribution >= 4 is 5.97 Å². The fraction of sp³-hybridized carbons (Fsp3) is 0.462. The SMILES string of the molecule is NC(CCC(=O)O)c1cc(C(F)F)cc2c1OCCO2. The topological polar surface area (TPSA) is 81.8 Å². The van der Waals surface area contributed by atoms with Crippen LogP contribution in [0.2, 0.25) is 0 Å². The third-order valence-corrected chi connectivity index (χ3v) is 3.01. The van der Waals surface area contributed by atoms with Gasteiger partial charge in [-0.15, -0.1) is 0 Å². The Morgan fingerprint density at radius 1 is 1.35 bits per heavy atom. The van der Waals surface area contributed by atoms with Crippen molar-refractivity contribution in [2.24, 2.45) is 5.73 Å². The maximum absolute atomic E-state index is 12.9. The molecular weight excluding hydrogens is 272 g/mol. The van der Waals surface area contributed by atoms with Crippen LogP contribution in [0.3, 0.4) is 0 Å². The fourth-order valence-corrected chi connectivity index (χ4v) is 2.04. The van der Waals surface area contributed by atoms with Gasteiger partial charge in [0.1, 0.15) is 13.2 Å². The molecule has 0 aromatic heterocycles. The lowest BCUT2D eigenvalue weighted by molar-refractivity contribution is -0.137. The average molecular weight is 287 g/mol. The second-order valence-corrected chi connectivity index (χ2v) is 4.47. The number of aliphatic carboxylic acids is 1. The molecule has 0 spiro atoms.